The molecule has 5 heteroatoms. The quantitative estimate of drug-likeness (QED) is 0.403. The van der Waals surface area contributed by atoms with Crippen molar-refractivity contribution in [3.05, 3.63) is 53.1 Å². The lowest BCUT2D eigenvalue weighted by Crippen LogP contribution is -2.14. The van der Waals surface area contributed by atoms with Gasteiger partial charge in [0, 0.05) is 13.6 Å². The number of hydrogen-bond donors (Lipinski definition) is 0. The molecule has 2 aromatic rings. The highest BCUT2D eigenvalue weighted by Crippen LogP contribution is 2.41. The fourth-order valence-corrected chi connectivity index (χ4v) is 2.90. The number of rotatable bonds is 5. The van der Waals surface area contributed by atoms with Gasteiger partial charge >= 0.3 is 6.18 Å². The Labute approximate surface area is 166 Å². The van der Waals surface area contributed by atoms with E-state index in [4.69, 9.17) is 0 Å². The average Bonchev–Trinajstić information content (AvgIpc) is 2.64. The van der Waals surface area contributed by atoms with Gasteiger partial charge in [-0.15, -0.1) is 0 Å². The molecule has 0 unspecified atom stereocenters. The highest BCUT2D eigenvalue weighted by atomic mass is 19.4. The maximum atomic E-state index is 13.8. The summed E-state index contributed by atoms with van der Waals surface area (Å²) in [6.07, 6.45) is -2.27. The van der Waals surface area contributed by atoms with Crippen molar-refractivity contribution >= 4 is 12.0 Å². The van der Waals surface area contributed by atoms with Gasteiger partial charge < -0.3 is 4.90 Å². The Hall–Kier alpha value is -2.30. The van der Waals surface area contributed by atoms with Crippen LogP contribution in [0.4, 0.5) is 18.9 Å². The second-order valence-electron chi connectivity index (χ2n) is 8.02. The molecule has 2 rings (SSSR count). The summed E-state index contributed by atoms with van der Waals surface area (Å²) in [6, 6.07) is 10.2. The Morgan fingerprint density at radius 1 is 1.00 bits per heavy atom. The van der Waals surface area contributed by atoms with Gasteiger partial charge in [0.15, 0.2) is 0 Å². The highest BCUT2D eigenvalue weighted by molar-refractivity contribution is 5.74. The van der Waals surface area contributed by atoms with Crippen LogP contribution in [0.1, 0.15) is 51.3 Å². The number of benzene rings is 2. The zero-order chi connectivity index (χ0) is 21.1. The van der Waals surface area contributed by atoms with E-state index in [-0.39, 0.29) is 11.0 Å². The predicted molar refractivity (Wildman–Crippen MR) is 111 cm³/mol. The summed E-state index contributed by atoms with van der Waals surface area (Å²) in [5.41, 5.74) is 2.31. The van der Waals surface area contributed by atoms with Gasteiger partial charge in [0.05, 0.1) is 17.6 Å². The molecule has 0 aliphatic carbocycles. The maximum absolute atomic E-state index is 13.8. The molecular weight excluding hydrogens is 361 g/mol. The minimum absolute atomic E-state index is 0.0517. The van der Waals surface area contributed by atoms with Gasteiger partial charge in [-0.3, -0.25) is 0 Å². The molecule has 0 saturated carbocycles. The van der Waals surface area contributed by atoms with Crippen LogP contribution in [-0.4, -0.2) is 24.8 Å². The van der Waals surface area contributed by atoms with Crippen LogP contribution < -0.4 is 0 Å². The van der Waals surface area contributed by atoms with Gasteiger partial charge in [0.25, 0.3) is 0 Å². The molecule has 2 nitrogen and oxygen atoms in total. The van der Waals surface area contributed by atoms with E-state index in [0.29, 0.717) is 17.7 Å². The van der Waals surface area contributed by atoms with E-state index in [0.717, 1.165) is 17.7 Å². The molecule has 28 heavy (non-hydrogen) atoms. The second kappa shape index (κ2) is 8.38. The molecule has 0 amide bonds. The molecule has 0 N–H and O–H groups in total. The molecule has 0 heterocycles. The smallest absolute Gasteiger partial charge is 0.366 e. The molecule has 0 aromatic heterocycles. The third-order valence-electron chi connectivity index (χ3n) is 4.86. The van der Waals surface area contributed by atoms with E-state index in [2.05, 4.69) is 25.8 Å². The Bertz CT molecular complexity index is 829. The molecule has 0 spiro atoms. The van der Waals surface area contributed by atoms with Gasteiger partial charge in [-0.05, 0) is 53.1 Å². The Balaban J connectivity index is 2.62. The molecule has 152 valence electrons. The largest absolute Gasteiger partial charge is 0.417 e. The van der Waals surface area contributed by atoms with E-state index in [9.17, 15) is 13.2 Å². The fraction of sp³-hybridized carbons (Fsp3) is 0.435. The summed E-state index contributed by atoms with van der Waals surface area (Å²) < 4.78 is 41.5. The zero-order valence-electron chi connectivity index (χ0n) is 17.5. The van der Waals surface area contributed by atoms with E-state index >= 15 is 0 Å². The van der Waals surface area contributed by atoms with Crippen molar-refractivity contribution in [1.29, 1.82) is 0 Å². The maximum Gasteiger partial charge on any atom is 0.417 e. The van der Waals surface area contributed by atoms with Crippen LogP contribution in [0.3, 0.4) is 0 Å². The van der Waals surface area contributed by atoms with Crippen molar-refractivity contribution < 1.29 is 13.2 Å². The standard InChI is InChI=1S/C23H29F3N2/c1-7-16-13-19(17-9-11-18(12-10-17)22(3,4)5)20(23(24,25)26)14-21(16)27-15-28(6)8-2/h9-15H,7-8H2,1-6H3. The topological polar surface area (TPSA) is 15.6 Å². The lowest BCUT2D eigenvalue weighted by atomic mass is 9.85. The summed E-state index contributed by atoms with van der Waals surface area (Å²) in [5, 5.41) is 0. The summed E-state index contributed by atoms with van der Waals surface area (Å²) in [6.45, 7) is 10.9. The van der Waals surface area contributed by atoms with E-state index < -0.39 is 11.7 Å². The Kier molecular flexibility index (Phi) is 6.58. The first-order valence-corrected chi connectivity index (χ1v) is 9.56. The molecule has 0 bridgehead atoms. The normalized spacial score (nSPS) is 12.6. The van der Waals surface area contributed by atoms with Gasteiger partial charge in [-0.2, -0.15) is 13.2 Å². The summed E-state index contributed by atoms with van der Waals surface area (Å²) in [4.78, 5) is 6.13. The van der Waals surface area contributed by atoms with Crippen LogP contribution in [-0.2, 0) is 18.0 Å². The number of aliphatic imine (C=N–C) groups is 1. The fourth-order valence-electron chi connectivity index (χ4n) is 2.90. The molecule has 0 aliphatic rings. The lowest BCUT2D eigenvalue weighted by molar-refractivity contribution is -0.137. The molecule has 0 atom stereocenters. The molecule has 2 aromatic carbocycles. The average molecular weight is 390 g/mol. The Morgan fingerprint density at radius 2 is 1.61 bits per heavy atom. The van der Waals surface area contributed by atoms with Crippen molar-refractivity contribution in [1.82, 2.24) is 4.90 Å². The van der Waals surface area contributed by atoms with Gasteiger partial charge in [0.1, 0.15) is 0 Å². The summed E-state index contributed by atoms with van der Waals surface area (Å²) in [7, 11) is 1.84. The number of nitrogens with zero attached hydrogens (tertiary/aromatic N) is 2. The second-order valence-corrected chi connectivity index (χ2v) is 8.02. The number of halogens is 3. The molecule has 0 saturated heterocycles. The zero-order valence-corrected chi connectivity index (χ0v) is 17.5. The van der Waals surface area contributed by atoms with E-state index in [1.54, 1.807) is 24.5 Å². The van der Waals surface area contributed by atoms with Crippen LogP contribution in [0.25, 0.3) is 11.1 Å². The van der Waals surface area contributed by atoms with Crippen LogP contribution in [0, 0.1) is 0 Å². The van der Waals surface area contributed by atoms with Crippen molar-refractivity contribution in [2.45, 2.75) is 52.6 Å². The van der Waals surface area contributed by atoms with Gasteiger partial charge in [-0.1, -0.05) is 52.0 Å². The molecule has 0 aliphatic heterocycles. The summed E-state index contributed by atoms with van der Waals surface area (Å²) in [5.74, 6) is 0. The van der Waals surface area contributed by atoms with Gasteiger partial charge in [0.2, 0.25) is 0 Å². The minimum Gasteiger partial charge on any atom is -0.366 e. The number of hydrogen-bond acceptors (Lipinski definition) is 1. The van der Waals surface area contributed by atoms with Crippen molar-refractivity contribution in [2.24, 2.45) is 4.99 Å². The predicted octanol–water partition coefficient (Wildman–Crippen LogP) is 6.84. The summed E-state index contributed by atoms with van der Waals surface area (Å²) >= 11 is 0. The van der Waals surface area contributed by atoms with Crippen molar-refractivity contribution in [3.8, 4) is 11.1 Å². The lowest BCUT2D eigenvalue weighted by Gasteiger charge is -2.20. The molecular formula is C23H29F3N2. The number of aryl methyl sites for hydroxylation is 1. The highest BCUT2D eigenvalue weighted by Gasteiger charge is 2.34. The van der Waals surface area contributed by atoms with Crippen LogP contribution in [0.2, 0.25) is 0 Å². The monoisotopic (exact) mass is 390 g/mol. The first-order valence-electron chi connectivity index (χ1n) is 9.56. The minimum atomic E-state index is -4.45. The van der Waals surface area contributed by atoms with E-state index in [1.165, 1.54) is 6.07 Å². The van der Waals surface area contributed by atoms with Gasteiger partial charge in [-0.25, -0.2) is 4.99 Å². The number of alkyl halides is 3. The van der Waals surface area contributed by atoms with Crippen molar-refractivity contribution in [2.75, 3.05) is 13.6 Å². The molecule has 0 radical (unpaired) electrons. The van der Waals surface area contributed by atoms with Crippen LogP contribution in [0.5, 0.6) is 0 Å². The SMILES string of the molecule is CCc1cc(-c2ccc(C(C)(C)C)cc2)c(C(F)(F)F)cc1N=CN(C)CC. The third kappa shape index (κ3) is 5.15. The van der Waals surface area contributed by atoms with Crippen molar-refractivity contribution in [3.63, 3.8) is 0 Å². The Morgan fingerprint density at radius 3 is 2.07 bits per heavy atom. The van der Waals surface area contributed by atoms with E-state index in [1.807, 2.05) is 37.9 Å². The third-order valence-corrected chi connectivity index (χ3v) is 4.86. The molecule has 0 fully saturated rings. The first kappa shape index (κ1) is 22.0. The van der Waals surface area contributed by atoms with Crippen LogP contribution in [0.15, 0.2) is 41.4 Å². The first-order chi connectivity index (χ1) is 13.0. The van der Waals surface area contributed by atoms with Crippen LogP contribution >= 0.6 is 0 Å².